The van der Waals surface area contributed by atoms with E-state index in [0.717, 1.165) is 19.5 Å². The van der Waals surface area contributed by atoms with Gasteiger partial charge in [-0.25, -0.2) is 4.79 Å². The van der Waals surface area contributed by atoms with Crippen LogP contribution in [0.2, 0.25) is 0 Å². The first-order chi connectivity index (χ1) is 6.22. The van der Waals surface area contributed by atoms with E-state index in [0.29, 0.717) is 12.6 Å². The molecule has 1 rings (SSSR count). The Hall–Kier alpha value is -0.870. The fourth-order valence-electron chi connectivity index (χ4n) is 1.46. The zero-order valence-electron chi connectivity index (χ0n) is 7.77. The molecule has 1 N–H and O–H groups in total. The zero-order chi connectivity index (χ0) is 9.68. The molecule has 0 unspecified atom stereocenters. The number of hydrogen-bond acceptors (Lipinski definition) is 3. The van der Waals surface area contributed by atoms with E-state index in [1.165, 1.54) is 6.08 Å². The lowest BCUT2D eigenvalue weighted by molar-refractivity contribution is -0.131. The monoisotopic (exact) mass is 185 g/mol. The van der Waals surface area contributed by atoms with Gasteiger partial charge in [0, 0.05) is 32.8 Å². The van der Waals surface area contributed by atoms with E-state index >= 15 is 0 Å². The van der Waals surface area contributed by atoms with Crippen LogP contribution in [0, 0.1) is 0 Å². The Kier molecular flexibility index (Phi) is 3.92. The van der Waals surface area contributed by atoms with Crippen molar-refractivity contribution in [2.75, 3.05) is 26.7 Å². The second-order valence-corrected chi connectivity index (χ2v) is 3.15. The topological polar surface area (TPSA) is 49.8 Å². The Morgan fingerprint density at radius 2 is 2.54 bits per heavy atom. The summed E-state index contributed by atoms with van der Waals surface area (Å²) >= 11 is 0. The van der Waals surface area contributed by atoms with Crippen LogP contribution in [0.25, 0.3) is 0 Å². The predicted octanol–water partition coefficient (Wildman–Crippen LogP) is 0.348. The second-order valence-electron chi connectivity index (χ2n) is 3.15. The first kappa shape index (κ1) is 10.2. The number of rotatable bonds is 4. The van der Waals surface area contributed by atoms with Gasteiger partial charge in [0.05, 0.1) is 6.10 Å². The smallest absolute Gasteiger partial charge is 0.328 e. The highest BCUT2D eigenvalue weighted by Gasteiger charge is 2.20. The molecule has 0 saturated carbocycles. The van der Waals surface area contributed by atoms with E-state index in [1.807, 2.05) is 0 Å². The van der Waals surface area contributed by atoms with Gasteiger partial charge in [-0.15, -0.1) is 0 Å². The van der Waals surface area contributed by atoms with Crippen LogP contribution in [0.3, 0.4) is 0 Å². The van der Waals surface area contributed by atoms with Gasteiger partial charge in [-0.3, -0.25) is 4.90 Å². The highest BCUT2D eigenvalue weighted by molar-refractivity contribution is 5.79. The van der Waals surface area contributed by atoms with Gasteiger partial charge < -0.3 is 9.84 Å². The van der Waals surface area contributed by atoms with E-state index in [-0.39, 0.29) is 0 Å². The average molecular weight is 185 g/mol. The van der Waals surface area contributed by atoms with Gasteiger partial charge in [-0.2, -0.15) is 0 Å². The van der Waals surface area contributed by atoms with Gasteiger partial charge in [-0.1, -0.05) is 6.08 Å². The molecule has 74 valence electrons. The molecule has 1 atom stereocenters. The SMILES string of the molecule is CO[C@@H]1CCN(C/C=C/C(=O)O)C1. The summed E-state index contributed by atoms with van der Waals surface area (Å²) in [5.74, 6) is -0.887. The molecular weight excluding hydrogens is 170 g/mol. The normalized spacial score (nSPS) is 24.2. The molecule has 1 heterocycles. The van der Waals surface area contributed by atoms with Crippen molar-refractivity contribution in [1.82, 2.24) is 4.90 Å². The summed E-state index contributed by atoms with van der Waals surface area (Å²) in [6, 6.07) is 0. The standard InChI is InChI=1S/C9H15NO3/c1-13-8-4-6-10(7-8)5-2-3-9(11)12/h2-3,8H,4-7H2,1H3,(H,11,12)/b3-2+/t8-/m1/s1. The molecule has 0 aromatic rings. The Morgan fingerprint density at radius 3 is 3.08 bits per heavy atom. The van der Waals surface area contributed by atoms with Crippen LogP contribution >= 0.6 is 0 Å². The first-order valence-corrected chi connectivity index (χ1v) is 4.37. The summed E-state index contributed by atoms with van der Waals surface area (Å²) in [5.41, 5.74) is 0. The summed E-state index contributed by atoms with van der Waals surface area (Å²) in [6.45, 7) is 2.59. The number of likely N-dealkylation sites (tertiary alicyclic amines) is 1. The fraction of sp³-hybridized carbons (Fsp3) is 0.667. The third kappa shape index (κ3) is 3.57. The number of carbonyl (C=O) groups is 1. The first-order valence-electron chi connectivity index (χ1n) is 4.37. The summed E-state index contributed by atoms with van der Waals surface area (Å²) in [7, 11) is 1.71. The molecule has 1 fully saturated rings. The number of aliphatic carboxylic acids is 1. The summed E-state index contributed by atoms with van der Waals surface area (Å²) in [4.78, 5) is 12.3. The molecule has 0 amide bonds. The molecule has 0 radical (unpaired) electrons. The fourth-order valence-corrected chi connectivity index (χ4v) is 1.46. The Balaban J connectivity index is 2.20. The second kappa shape index (κ2) is 4.99. The van der Waals surface area contributed by atoms with Crippen molar-refractivity contribution in [2.24, 2.45) is 0 Å². The van der Waals surface area contributed by atoms with Crippen LogP contribution in [0.15, 0.2) is 12.2 Å². The van der Waals surface area contributed by atoms with Crippen LogP contribution in [0.4, 0.5) is 0 Å². The van der Waals surface area contributed by atoms with Gasteiger partial charge in [-0.05, 0) is 6.42 Å². The molecular formula is C9H15NO3. The minimum absolute atomic E-state index is 0.318. The summed E-state index contributed by atoms with van der Waals surface area (Å²) < 4.78 is 5.19. The molecule has 1 aliphatic rings. The van der Waals surface area contributed by atoms with Crippen LogP contribution in [-0.4, -0.2) is 48.8 Å². The van der Waals surface area contributed by atoms with Gasteiger partial charge in [0.25, 0.3) is 0 Å². The molecule has 0 bridgehead atoms. The molecule has 4 nitrogen and oxygen atoms in total. The lowest BCUT2D eigenvalue weighted by Gasteiger charge is -2.12. The number of hydrogen-bond donors (Lipinski definition) is 1. The molecule has 13 heavy (non-hydrogen) atoms. The van der Waals surface area contributed by atoms with E-state index in [9.17, 15) is 4.79 Å². The maximum atomic E-state index is 10.2. The van der Waals surface area contributed by atoms with Crippen molar-refractivity contribution >= 4 is 5.97 Å². The molecule has 0 spiro atoms. The van der Waals surface area contributed by atoms with E-state index in [4.69, 9.17) is 9.84 Å². The van der Waals surface area contributed by atoms with Crippen LogP contribution in [0.1, 0.15) is 6.42 Å². The minimum atomic E-state index is -0.887. The van der Waals surface area contributed by atoms with Gasteiger partial charge in [0.2, 0.25) is 0 Å². The van der Waals surface area contributed by atoms with E-state index < -0.39 is 5.97 Å². The number of nitrogens with zero attached hydrogens (tertiary/aromatic N) is 1. The predicted molar refractivity (Wildman–Crippen MR) is 48.6 cm³/mol. The lowest BCUT2D eigenvalue weighted by Crippen LogP contribution is -2.22. The average Bonchev–Trinajstić information content (AvgIpc) is 2.52. The number of carboxylic acid groups (broad SMARTS) is 1. The van der Waals surface area contributed by atoms with Gasteiger partial charge >= 0.3 is 5.97 Å². The number of ether oxygens (including phenoxy) is 1. The summed E-state index contributed by atoms with van der Waals surface area (Å²) in [6.07, 6.45) is 4.20. The Bertz CT molecular complexity index is 203. The quantitative estimate of drug-likeness (QED) is 0.642. The molecule has 1 aliphatic heterocycles. The summed E-state index contributed by atoms with van der Waals surface area (Å²) in [5, 5.41) is 8.36. The molecule has 1 saturated heterocycles. The van der Waals surface area contributed by atoms with Crippen molar-refractivity contribution in [3.63, 3.8) is 0 Å². The van der Waals surface area contributed by atoms with E-state index in [1.54, 1.807) is 13.2 Å². The highest BCUT2D eigenvalue weighted by Crippen LogP contribution is 2.10. The third-order valence-corrected chi connectivity index (χ3v) is 2.19. The largest absolute Gasteiger partial charge is 0.478 e. The molecule has 0 aromatic carbocycles. The minimum Gasteiger partial charge on any atom is -0.478 e. The van der Waals surface area contributed by atoms with Crippen LogP contribution < -0.4 is 0 Å². The van der Waals surface area contributed by atoms with Crippen molar-refractivity contribution < 1.29 is 14.6 Å². The number of carboxylic acids is 1. The maximum absolute atomic E-state index is 10.2. The van der Waals surface area contributed by atoms with E-state index in [2.05, 4.69) is 4.90 Å². The molecule has 0 aromatic heterocycles. The van der Waals surface area contributed by atoms with Crippen LogP contribution in [0.5, 0.6) is 0 Å². The maximum Gasteiger partial charge on any atom is 0.328 e. The van der Waals surface area contributed by atoms with Gasteiger partial charge in [0.1, 0.15) is 0 Å². The third-order valence-electron chi connectivity index (χ3n) is 2.19. The van der Waals surface area contributed by atoms with Gasteiger partial charge in [0.15, 0.2) is 0 Å². The molecule has 0 aliphatic carbocycles. The zero-order valence-corrected chi connectivity index (χ0v) is 7.77. The Labute approximate surface area is 77.8 Å². The number of methoxy groups -OCH3 is 1. The lowest BCUT2D eigenvalue weighted by atomic mass is 10.3. The Morgan fingerprint density at radius 1 is 1.77 bits per heavy atom. The van der Waals surface area contributed by atoms with Crippen molar-refractivity contribution in [1.29, 1.82) is 0 Å². The molecule has 4 heteroatoms. The van der Waals surface area contributed by atoms with Crippen LogP contribution in [-0.2, 0) is 9.53 Å². The van der Waals surface area contributed by atoms with Crippen molar-refractivity contribution in [2.45, 2.75) is 12.5 Å². The van der Waals surface area contributed by atoms with Crippen molar-refractivity contribution in [3.05, 3.63) is 12.2 Å². The highest BCUT2D eigenvalue weighted by atomic mass is 16.5. The van der Waals surface area contributed by atoms with Crippen molar-refractivity contribution in [3.8, 4) is 0 Å².